The molecule has 2 heterocycles. The maximum atomic E-state index is 13.1. The van der Waals surface area contributed by atoms with Crippen LogP contribution >= 0.6 is 11.6 Å². The zero-order valence-corrected chi connectivity index (χ0v) is 20.0. The van der Waals surface area contributed by atoms with Crippen LogP contribution in [0.4, 0.5) is 0 Å². The van der Waals surface area contributed by atoms with E-state index in [4.69, 9.17) is 21.9 Å². The predicted octanol–water partition coefficient (Wildman–Crippen LogP) is 3.80. The number of likely N-dealkylation sites (tertiary alicyclic amines) is 1. The van der Waals surface area contributed by atoms with E-state index in [1.807, 2.05) is 6.92 Å². The van der Waals surface area contributed by atoms with Gasteiger partial charge in [0.15, 0.2) is 0 Å². The van der Waals surface area contributed by atoms with Crippen LogP contribution in [-0.2, 0) is 4.79 Å². The number of nitrogens with two attached hydrogens (primary N) is 1. The van der Waals surface area contributed by atoms with Crippen molar-refractivity contribution in [1.82, 2.24) is 15.4 Å². The Morgan fingerprint density at radius 3 is 2.61 bits per heavy atom. The lowest BCUT2D eigenvalue weighted by Crippen LogP contribution is -2.59. The first-order valence-electron chi connectivity index (χ1n) is 11.3. The number of carbonyl (C=O) groups is 1. The lowest BCUT2D eigenvalue weighted by atomic mass is 9.67. The molecule has 31 heavy (non-hydrogen) atoms. The van der Waals surface area contributed by atoms with Gasteiger partial charge < -0.3 is 20.5 Å². The van der Waals surface area contributed by atoms with E-state index in [9.17, 15) is 4.79 Å². The van der Waals surface area contributed by atoms with E-state index in [1.54, 1.807) is 6.07 Å². The topological polar surface area (TPSA) is 96.8 Å². The summed E-state index contributed by atoms with van der Waals surface area (Å²) in [5.41, 5.74) is 7.72. The molecule has 3 N–H and O–H groups in total. The standard InChI is InChI=1S/C23H36ClN5O2/c1-5-26-20(24)18(19(25)17-8-13-31-28-17)21(30)27-16-6-9-23(10-7-16)14-29(15-23)12-11-22(2,3)4/h8,13,16H,5-7,9-12,14-15,25H2,1-4H3,(H,27,30)/b19-18+,26-20?. The first kappa shape index (κ1) is 23.8. The van der Waals surface area contributed by atoms with Crippen molar-refractivity contribution in [3.8, 4) is 0 Å². The smallest absolute Gasteiger partial charge is 0.256 e. The Morgan fingerprint density at radius 1 is 1.39 bits per heavy atom. The molecule has 1 aliphatic carbocycles. The van der Waals surface area contributed by atoms with Gasteiger partial charge in [-0.25, -0.2) is 0 Å². The van der Waals surface area contributed by atoms with Gasteiger partial charge in [-0.2, -0.15) is 0 Å². The van der Waals surface area contributed by atoms with E-state index >= 15 is 0 Å². The Kier molecular flexibility index (Phi) is 7.47. The van der Waals surface area contributed by atoms with Crippen LogP contribution in [0, 0.1) is 10.8 Å². The van der Waals surface area contributed by atoms with Crippen LogP contribution in [0.5, 0.6) is 0 Å². The molecule has 8 heteroatoms. The highest BCUT2D eigenvalue weighted by Crippen LogP contribution is 2.44. The third-order valence-electron chi connectivity index (χ3n) is 6.39. The maximum Gasteiger partial charge on any atom is 0.256 e. The molecule has 1 saturated carbocycles. The average Bonchev–Trinajstić information content (AvgIpc) is 3.20. The molecule has 7 nitrogen and oxygen atoms in total. The van der Waals surface area contributed by atoms with Gasteiger partial charge in [0, 0.05) is 31.7 Å². The molecular weight excluding hydrogens is 414 g/mol. The number of hydrogen-bond donors (Lipinski definition) is 2. The summed E-state index contributed by atoms with van der Waals surface area (Å²) in [5.74, 6) is -0.302. The number of rotatable bonds is 7. The van der Waals surface area contributed by atoms with E-state index < -0.39 is 0 Å². The van der Waals surface area contributed by atoms with Crippen LogP contribution in [0.1, 0.15) is 65.5 Å². The van der Waals surface area contributed by atoms with Crippen molar-refractivity contribution in [3.63, 3.8) is 0 Å². The van der Waals surface area contributed by atoms with Gasteiger partial charge in [0.05, 0.1) is 5.70 Å². The summed E-state index contributed by atoms with van der Waals surface area (Å²) in [6.45, 7) is 12.7. The van der Waals surface area contributed by atoms with Crippen LogP contribution in [0.25, 0.3) is 5.70 Å². The lowest BCUT2D eigenvalue weighted by molar-refractivity contribution is -0.118. The summed E-state index contributed by atoms with van der Waals surface area (Å²) in [6.07, 6.45) is 6.85. The normalized spacial score (nSPS) is 21.0. The molecule has 0 unspecified atom stereocenters. The molecule has 3 rings (SSSR count). The second kappa shape index (κ2) is 9.74. The first-order valence-corrected chi connectivity index (χ1v) is 11.6. The third-order valence-corrected chi connectivity index (χ3v) is 6.70. The summed E-state index contributed by atoms with van der Waals surface area (Å²) >= 11 is 6.31. The molecule has 1 aliphatic heterocycles. The molecule has 172 valence electrons. The van der Waals surface area contributed by atoms with Crippen molar-refractivity contribution in [3.05, 3.63) is 23.6 Å². The minimum Gasteiger partial charge on any atom is -0.396 e. The third kappa shape index (κ3) is 6.10. The maximum absolute atomic E-state index is 13.1. The largest absolute Gasteiger partial charge is 0.396 e. The molecule has 2 fully saturated rings. The van der Waals surface area contributed by atoms with E-state index in [1.165, 1.54) is 32.3 Å². The van der Waals surface area contributed by atoms with Gasteiger partial charge >= 0.3 is 0 Å². The van der Waals surface area contributed by atoms with Gasteiger partial charge in [-0.05, 0) is 56.4 Å². The molecule has 0 bridgehead atoms. The highest BCUT2D eigenvalue weighted by atomic mass is 35.5. The number of hydrogen-bond acceptors (Lipinski definition) is 6. The molecule has 1 aromatic heterocycles. The number of aliphatic imine (C=N–C) groups is 1. The quantitative estimate of drug-likeness (QED) is 0.487. The van der Waals surface area contributed by atoms with E-state index in [0.29, 0.717) is 23.1 Å². The highest BCUT2D eigenvalue weighted by Gasteiger charge is 2.45. The van der Waals surface area contributed by atoms with Gasteiger partial charge in [0.25, 0.3) is 5.91 Å². The van der Waals surface area contributed by atoms with E-state index in [-0.39, 0.29) is 28.4 Å². The van der Waals surface area contributed by atoms with Crippen molar-refractivity contribution < 1.29 is 9.32 Å². The Bertz CT molecular complexity index is 810. The molecular formula is C23H36ClN5O2. The molecule has 0 atom stereocenters. The van der Waals surface area contributed by atoms with Crippen LogP contribution in [-0.4, -0.2) is 53.4 Å². The molecule has 0 radical (unpaired) electrons. The Hall–Kier alpha value is -1.86. The van der Waals surface area contributed by atoms with Crippen molar-refractivity contribution in [1.29, 1.82) is 0 Å². The van der Waals surface area contributed by atoms with Crippen molar-refractivity contribution >= 4 is 28.4 Å². The average molecular weight is 450 g/mol. The van der Waals surface area contributed by atoms with Crippen LogP contribution in [0.2, 0.25) is 0 Å². The van der Waals surface area contributed by atoms with Crippen molar-refractivity contribution in [2.45, 2.75) is 65.8 Å². The first-order chi connectivity index (χ1) is 14.6. The lowest BCUT2D eigenvalue weighted by Gasteiger charge is -2.54. The van der Waals surface area contributed by atoms with Gasteiger partial charge in [0.2, 0.25) is 0 Å². The summed E-state index contributed by atoms with van der Waals surface area (Å²) in [5, 5.41) is 7.06. The van der Waals surface area contributed by atoms with Gasteiger partial charge in [-0.1, -0.05) is 37.5 Å². The second-order valence-electron chi connectivity index (χ2n) is 10.2. The van der Waals surface area contributed by atoms with Crippen molar-refractivity contribution in [2.75, 3.05) is 26.2 Å². The van der Waals surface area contributed by atoms with Gasteiger partial charge in [0.1, 0.15) is 22.7 Å². The molecule has 1 aromatic rings. The molecule has 1 saturated heterocycles. The molecule has 1 spiro atoms. The number of nitrogens with one attached hydrogen (secondary N) is 1. The van der Waals surface area contributed by atoms with Crippen LogP contribution < -0.4 is 11.1 Å². The molecule has 0 aromatic carbocycles. The SMILES string of the molecule is CCN=C(Cl)/C(C(=O)NC1CCC2(CC1)CN(CCC(C)(C)C)C2)=C(\N)c1ccon1. The monoisotopic (exact) mass is 449 g/mol. The molecule has 1 amide bonds. The Balaban J connectivity index is 1.56. The number of carbonyl (C=O) groups excluding carboxylic acids is 1. The highest BCUT2D eigenvalue weighted by molar-refractivity contribution is 6.73. The minimum atomic E-state index is -0.302. The zero-order valence-electron chi connectivity index (χ0n) is 19.2. The fraction of sp³-hybridized carbons (Fsp3) is 0.696. The Morgan fingerprint density at radius 2 is 2.06 bits per heavy atom. The fourth-order valence-electron chi connectivity index (χ4n) is 4.53. The number of amides is 1. The fourth-order valence-corrected chi connectivity index (χ4v) is 4.83. The summed E-state index contributed by atoms with van der Waals surface area (Å²) in [6, 6.07) is 1.72. The van der Waals surface area contributed by atoms with Gasteiger partial charge in [-0.3, -0.25) is 9.79 Å². The minimum absolute atomic E-state index is 0.0984. The zero-order chi connectivity index (χ0) is 22.6. The van der Waals surface area contributed by atoms with Crippen LogP contribution in [0.3, 0.4) is 0 Å². The predicted molar refractivity (Wildman–Crippen MR) is 125 cm³/mol. The number of nitrogens with zero attached hydrogens (tertiary/aromatic N) is 3. The number of aromatic nitrogens is 1. The molecule has 2 aliphatic rings. The summed E-state index contributed by atoms with van der Waals surface area (Å²) in [4.78, 5) is 19.8. The Labute approximate surface area is 190 Å². The van der Waals surface area contributed by atoms with Crippen LogP contribution in [0.15, 0.2) is 27.4 Å². The summed E-state index contributed by atoms with van der Waals surface area (Å²) in [7, 11) is 0. The van der Waals surface area contributed by atoms with Crippen molar-refractivity contribution in [2.24, 2.45) is 21.6 Å². The number of halogens is 1. The van der Waals surface area contributed by atoms with E-state index in [0.717, 1.165) is 25.7 Å². The van der Waals surface area contributed by atoms with Gasteiger partial charge in [-0.15, -0.1) is 0 Å². The summed E-state index contributed by atoms with van der Waals surface area (Å²) < 4.78 is 4.86. The second-order valence-corrected chi connectivity index (χ2v) is 10.6. The van der Waals surface area contributed by atoms with E-state index in [2.05, 4.69) is 41.1 Å².